The smallest absolute Gasteiger partial charge is 0.320 e. The third-order valence-corrected chi connectivity index (χ3v) is 8.39. The molecule has 8 nitrogen and oxygen atoms in total. The number of cyclic esters (lactones) is 4. The molecule has 4 unspecified atom stereocenters. The average molecular weight is 449 g/mol. The molecule has 1 N–H and O–H groups in total. The third kappa shape index (κ3) is 2.49. The summed E-state index contributed by atoms with van der Waals surface area (Å²) in [4.78, 5) is 65.7. The summed E-state index contributed by atoms with van der Waals surface area (Å²) >= 11 is 0. The minimum absolute atomic E-state index is 0.342. The van der Waals surface area contributed by atoms with Gasteiger partial charge in [0.2, 0.25) is 0 Å². The number of ether oxygens (including phenoxy) is 2. The molecule has 4 aliphatic carbocycles. The molecule has 1 aromatic carbocycles. The standard InChI is InChI=1S/C25H23NO7/c27-19(13-8-4-3-5-9-13)26-25-12-14-10-6-1-2-7-11-24(14,15-17(25)22(30)32-20(15)28)16-18(25)23(31)33-21(16)29/h3-5,8-9,12,15-18H,1-2,6-7,10-11H2,(H,26,27). The number of amides is 1. The number of nitrogens with one attached hydrogen (secondary N) is 1. The van der Waals surface area contributed by atoms with E-state index >= 15 is 0 Å². The first-order valence-electron chi connectivity index (χ1n) is 11.5. The maximum absolute atomic E-state index is 13.3. The average Bonchev–Trinajstić information content (AvgIpc) is 3.27. The topological polar surface area (TPSA) is 116 Å². The van der Waals surface area contributed by atoms with Crippen molar-refractivity contribution in [3.8, 4) is 0 Å². The van der Waals surface area contributed by atoms with Crippen LogP contribution in [0.4, 0.5) is 0 Å². The van der Waals surface area contributed by atoms with Crippen molar-refractivity contribution in [2.24, 2.45) is 29.1 Å². The molecule has 33 heavy (non-hydrogen) atoms. The highest BCUT2D eigenvalue weighted by atomic mass is 16.6. The zero-order chi connectivity index (χ0) is 23.0. The van der Waals surface area contributed by atoms with Gasteiger partial charge in [0.25, 0.3) is 5.91 Å². The van der Waals surface area contributed by atoms with Crippen LogP contribution in [0.1, 0.15) is 48.9 Å². The van der Waals surface area contributed by atoms with Gasteiger partial charge in [-0.1, -0.05) is 49.1 Å². The van der Waals surface area contributed by atoms with E-state index in [9.17, 15) is 24.0 Å². The Bertz CT molecular complexity index is 1090. The van der Waals surface area contributed by atoms with Crippen molar-refractivity contribution >= 4 is 29.8 Å². The van der Waals surface area contributed by atoms with Crippen molar-refractivity contribution in [2.75, 3.05) is 0 Å². The number of esters is 4. The molecule has 4 atom stereocenters. The van der Waals surface area contributed by atoms with E-state index in [1.807, 2.05) is 0 Å². The van der Waals surface area contributed by atoms with E-state index < -0.39 is 64.4 Å². The summed E-state index contributed by atoms with van der Waals surface area (Å²) in [6.45, 7) is 0. The van der Waals surface area contributed by atoms with E-state index in [0.717, 1.165) is 31.3 Å². The van der Waals surface area contributed by atoms with Gasteiger partial charge in [0.15, 0.2) is 0 Å². The summed E-state index contributed by atoms with van der Waals surface area (Å²) in [5.41, 5.74) is -1.36. The fraction of sp³-hybridized carbons (Fsp3) is 0.480. The Morgan fingerprint density at radius 3 is 2.00 bits per heavy atom. The summed E-state index contributed by atoms with van der Waals surface area (Å²) in [7, 11) is 0. The molecule has 2 bridgehead atoms. The summed E-state index contributed by atoms with van der Waals surface area (Å²) in [6, 6.07) is 8.43. The highest BCUT2D eigenvalue weighted by molar-refractivity contribution is 6.07. The number of rotatable bonds is 2. The first-order valence-corrected chi connectivity index (χ1v) is 11.5. The predicted molar refractivity (Wildman–Crippen MR) is 111 cm³/mol. The SMILES string of the molecule is O=C(NC12C=C3CCCCCCC3(C3C(=O)OC(=O)C31)C1C(=O)OC(=O)C12)c1ccccc1. The van der Waals surface area contributed by atoms with Crippen molar-refractivity contribution in [1.29, 1.82) is 0 Å². The minimum atomic E-state index is -1.56. The monoisotopic (exact) mass is 449 g/mol. The van der Waals surface area contributed by atoms with Gasteiger partial charge in [-0.05, 0) is 31.4 Å². The molecule has 0 radical (unpaired) electrons. The van der Waals surface area contributed by atoms with Gasteiger partial charge in [0.1, 0.15) is 0 Å². The van der Waals surface area contributed by atoms with Gasteiger partial charge in [0.05, 0.1) is 29.2 Å². The maximum Gasteiger partial charge on any atom is 0.320 e. The number of hydrogen-bond donors (Lipinski definition) is 1. The van der Waals surface area contributed by atoms with E-state index in [0.29, 0.717) is 18.4 Å². The fourth-order valence-electron chi connectivity index (χ4n) is 7.26. The Balaban J connectivity index is 1.60. The zero-order valence-electron chi connectivity index (χ0n) is 17.9. The Morgan fingerprint density at radius 2 is 1.36 bits per heavy atom. The Morgan fingerprint density at radius 1 is 0.788 bits per heavy atom. The number of carbonyl (C=O) groups excluding carboxylic acids is 5. The van der Waals surface area contributed by atoms with Crippen molar-refractivity contribution in [1.82, 2.24) is 5.32 Å². The van der Waals surface area contributed by atoms with Crippen LogP contribution in [0, 0.1) is 29.1 Å². The van der Waals surface area contributed by atoms with Crippen LogP contribution in [0.15, 0.2) is 42.0 Å². The Kier molecular flexibility index (Phi) is 4.22. The van der Waals surface area contributed by atoms with Crippen molar-refractivity contribution in [3.63, 3.8) is 0 Å². The van der Waals surface area contributed by atoms with E-state index in [2.05, 4.69) is 5.32 Å². The lowest BCUT2D eigenvalue weighted by atomic mass is 9.40. The molecule has 6 aliphatic rings. The molecule has 2 saturated heterocycles. The van der Waals surface area contributed by atoms with Crippen LogP contribution in [-0.4, -0.2) is 35.3 Å². The van der Waals surface area contributed by atoms with Crippen molar-refractivity contribution in [2.45, 2.75) is 44.1 Å². The minimum Gasteiger partial charge on any atom is -0.393 e. The molecule has 1 spiro atoms. The van der Waals surface area contributed by atoms with Gasteiger partial charge in [-0.3, -0.25) is 24.0 Å². The normalized spacial score (nSPS) is 38.8. The van der Waals surface area contributed by atoms with Gasteiger partial charge < -0.3 is 14.8 Å². The molecular weight excluding hydrogens is 426 g/mol. The molecule has 2 aliphatic heterocycles. The van der Waals surface area contributed by atoms with Crippen LogP contribution < -0.4 is 5.32 Å². The third-order valence-electron chi connectivity index (χ3n) is 8.39. The van der Waals surface area contributed by atoms with Crippen LogP contribution >= 0.6 is 0 Å². The fourth-order valence-corrected chi connectivity index (χ4v) is 7.26. The summed E-state index contributed by atoms with van der Waals surface area (Å²) in [6.07, 6.45) is 6.48. The lowest BCUT2D eigenvalue weighted by molar-refractivity contribution is -0.157. The molecule has 8 heteroatoms. The summed E-state index contributed by atoms with van der Waals surface area (Å²) in [5.74, 6) is -7.41. The van der Waals surface area contributed by atoms with Crippen LogP contribution in [0.2, 0.25) is 0 Å². The van der Waals surface area contributed by atoms with Gasteiger partial charge >= 0.3 is 23.9 Å². The lowest BCUT2D eigenvalue weighted by Gasteiger charge is -2.61. The molecule has 170 valence electrons. The van der Waals surface area contributed by atoms with Crippen LogP contribution in [0.5, 0.6) is 0 Å². The molecule has 1 amide bonds. The van der Waals surface area contributed by atoms with Crippen LogP contribution in [0.25, 0.3) is 0 Å². The molecule has 0 aromatic heterocycles. The van der Waals surface area contributed by atoms with E-state index in [1.54, 1.807) is 36.4 Å². The molecule has 2 saturated carbocycles. The summed E-state index contributed by atoms with van der Waals surface area (Å²) in [5, 5.41) is 2.93. The van der Waals surface area contributed by atoms with Gasteiger partial charge in [-0.25, -0.2) is 0 Å². The van der Waals surface area contributed by atoms with Crippen LogP contribution in [-0.2, 0) is 28.7 Å². The van der Waals surface area contributed by atoms with E-state index in [1.165, 1.54) is 0 Å². The quantitative estimate of drug-likeness (QED) is 0.417. The molecule has 1 aromatic rings. The molecule has 4 fully saturated rings. The second-order valence-electron chi connectivity index (χ2n) is 9.77. The van der Waals surface area contributed by atoms with Crippen molar-refractivity contribution in [3.05, 3.63) is 47.5 Å². The number of allylic oxidation sites excluding steroid dienone is 1. The van der Waals surface area contributed by atoms with Gasteiger partial charge in [0, 0.05) is 11.0 Å². The first kappa shape index (κ1) is 20.3. The first-order chi connectivity index (χ1) is 15.9. The highest BCUT2D eigenvalue weighted by Crippen LogP contribution is 2.69. The van der Waals surface area contributed by atoms with Gasteiger partial charge in [-0.2, -0.15) is 0 Å². The van der Waals surface area contributed by atoms with E-state index in [4.69, 9.17) is 9.47 Å². The largest absolute Gasteiger partial charge is 0.393 e. The van der Waals surface area contributed by atoms with Crippen molar-refractivity contribution < 1.29 is 33.4 Å². The Hall–Kier alpha value is -3.29. The zero-order valence-corrected chi connectivity index (χ0v) is 17.9. The summed E-state index contributed by atoms with van der Waals surface area (Å²) < 4.78 is 10.3. The molecule has 7 rings (SSSR count). The second-order valence-corrected chi connectivity index (χ2v) is 9.77. The molecular formula is C25H23NO7. The number of hydrogen-bond acceptors (Lipinski definition) is 7. The van der Waals surface area contributed by atoms with Gasteiger partial charge in [-0.15, -0.1) is 0 Å². The lowest BCUT2D eigenvalue weighted by Crippen LogP contribution is -2.73. The predicted octanol–water partition coefficient (Wildman–Crippen LogP) is 2.08. The molecule has 2 heterocycles. The highest BCUT2D eigenvalue weighted by Gasteiger charge is 2.80. The maximum atomic E-state index is 13.3. The second kappa shape index (κ2) is 6.85. The number of benzene rings is 1. The number of carbonyl (C=O) groups is 5. The Labute approximate surface area is 189 Å². The van der Waals surface area contributed by atoms with E-state index in [-0.39, 0.29) is 0 Å². The van der Waals surface area contributed by atoms with Crippen LogP contribution in [0.3, 0.4) is 0 Å².